The van der Waals surface area contributed by atoms with Crippen molar-refractivity contribution >= 4 is 11.9 Å². The van der Waals surface area contributed by atoms with Crippen LogP contribution >= 0.6 is 0 Å². The molecule has 0 aliphatic carbocycles. The maximum atomic E-state index is 11.6. The van der Waals surface area contributed by atoms with Crippen LogP contribution in [0.5, 0.6) is 0 Å². The lowest BCUT2D eigenvalue weighted by molar-refractivity contribution is -0.138. The summed E-state index contributed by atoms with van der Waals surface area (Å²) in [5, 5.41) is 10.9. The van der Waals surface area contributed by atoms with Gasteiger partial charge in [0, 0.05) is 5.92 Å². The predicted octanol–water partition coefficient (Wildman–Crippen LogP) is 4.13. The lowest BCUT2D eigenvalue weighted by Gasteiger charge is -2.10. The van der Waals surface area contributed by atoms with Gasteiger partial charge in [-0.05, 0) is 6.42 Å². The number of hydrogen-bond acceptors (Lipinski definition) is 2. The molecule has 0 fully saturated rings. The van der Waals surface area contributed by atoms with Gasteiger partial charge in [-0.3, -0.25) is 9.59 Å². The van der Waals surface area contributed by atoms with Gasteiger partial charge in [0.2, 0.25) is 5.91 Å². The highest BCUT2D eigenvalue weighted by Crippen LogP contribution is 2.13. The van der Waals surface area contributed by atoms with Gasteiger partial charge in [-0.1, -0.05) is 78.1 Å². The quantitative estimate of drug-likeness (QED) is 0.474. The Balaban J connectivity index is 3.33. The van der Waals surface area contributed by atoms with Crippen molar-refractivity contribution in [2.24, 2.45) is 5.92 Å². The zero-order valence-electron chi connectivity index (χ0n) is 13.8. The Morgan fingerprint density at radius 1 is 0.905 bits per heavy atom. The van der Waals surface area contributed by atoms with Crippen LogP contribution < -0.4 is 5.32 Å². The van der Waals surface area contributed by atoms with Crippen LogP contribution in [0, 0.1) is 5.92 Å². The second kappa shape index (κ2) is 13.9. The van der Waals surface area contributed by atoms with E-state index >= 15 is 0 Å². The van der Waals surface area contributed by atoms with E-state index in [-0.39, 0.29) is 18.4 Å². The summed E-state index contributed by atoms with van der Waals surface area (Å²) >= 11 is 0. The summed E-state index contributed by atoms with van der Waals surface area (Å²) in [6, 6.07) is 0. The van der Waals surface area contributed by atoms with Gasteiger partial charge in [0.15, 0.2) is 0 Å². The van der Waals surface area contributed by atoms with E-state index in [2.05, 4.69) is 12.2 Å². The van der Waals surface area contributed by atoms with Gasteiger partial charge >= 0.3 is 5.97 Å². The first kappa shape index (κ1) is 19.9. The molecule has 21 heavy (non-hydrogen) atoms. The highest BCUT2D eigenvalue weighted by atomic mass is 16.4. The van der Waals surface area contributed by atoms with E-state index in [0.29, 0.717) is 0 Å². The first-order chi connectivity index (χ1) is 10.1. The Morgan fingerprint density at radius 2 is 1.38 bits per heavy atom. The second-order valence-corrected chi connectivity index (χ2v) is 5.98. The Hall–Kier alpha value is -1.06. The fourth-order valence-corrected chi connectivity index (χ4v) is 2.41. The molecular weight excluding hydrogens is 266 g/mol. The van der Waals surface area contributed by atoms with Gasteiger partial charge in [0.05, 0.1) is 0 Å². The molecule has 0 aliphatic heterocycles. The monoisotopic (exact) mass is 299 g/mol. The van der Waals surface area contributed by atoms with Crippen molar-refractivity contribution in [3.05, 3.63) is 0 Å². The normalized spacial score (nSPS) is 12.1. The molecule has 0 radical (unpaired) electrons. The lowest BCUT2D eigenvalue weighted by Crippen LogP contribution is -2.33. The smallest absolute Gasteiger partial charge is 0.322 e. The van der Waals surface area contributed by atoms with Crippen molar-refractivity contribution in [1.29, 1.82) is 0 Å². The van der Waals surface area contributed by atoms with Crippen molar-refractivity contribution in [2.45, 2.75) is 84.5 Å². The SMILES string of the molecule is CCCCCCCCCCCCC(C)C(=O)NCC(=O)O. The topological polar surface area (TPSA) is 66.4 Å². The number of carbonyl (C=O) groups is 2. The number of rotatable bonds is 14. The summed E-state index contributed by atoms with van der Waals surface area (Å²) in [5.74, 6) is -1.22. The molecule has 0 aromatic carbocycles. The fraction of sp³-hybridized carbons (Fsp3) is 0.882. The molecule has 4 nitrogen and oxygen atoms in total. The van der Waals surface area contributed by atoms with Crippen LogP contribution in [-0.4, -0.2) is 23.5 Å². The van der Waals surface area contributed by atoms with Crippen LogP contribution in [0.25, 0.3) is 0 Å². The van der Waals surface area contributed by atoms with E-state index < -0.39 is 5.97 Å². The lowest BCUT2D eigenvalue weighted by atomic mass is 10.0. The number of carbonyl (C=O) groups excluding carboxylic acids is 1. The summed E-state index contributed by atoms with van der Waals surface area (Å²) in [4.78, 5) is 21.9. The zero-order chi connectivity index (χ0) is 15.9. The van der Waals surface area contributed by atoms with E-state index in [1.807, 2.05) is 6.92 Å². The molecule has 0 spiro atoms. The van der Waals surface area contributed by atoms with E-state index in [9.17, 15) is 9.59 Å². The Kier molecular flexibility index (Phi) is 13.2. The summed E-state index contributed by atoms with van der Waals surface area (Å²) in [7, 11) is 0. The van der Waals surface area contributed by atoms with Gasteiger partial charge in [0.25, 0.3) is 0 Å². The number of aliphatic carboxylic acids is 1. The molecule has 124 valence electrons. The minimum atomic E-state index is -0.991. The number of hydrogen-bond donors (Lipinski definition) is 2. The van der Waals surface area contributed by atoms with Crippen molar-refractivity contribution in [3.63, 3.8) is 0 Å². The Bertz CT molecular complexity index is 279. The molecule has 0 saturated heterocycles. The van der Waals surface area contributed by atoms with Gasteiger partial charge in [0.1, 0.15) is 6.54 Å². The van der Waals surface area contributed by atoms with Gasteiger partial charge in [-0.2, -0.15) is 0 Å². The van der Waals surface area contributed by atoms with Gasteiger partial charge < -0.3 is 10.4 Å². The van der Waals surface area contributed by atoms with Crippen molar-refractivity contribution in [3.8, 4) is 0 Å². The van der Waals surface area contributed by atoms with Crippen LogP contribution in [0.15, 0.2) is 0 Å². The first-order valence-corrected chi connectivity index (χ1v) is 8.57. The molecule has 0 aromatic heterocycles. The molecule has 1 unspecified atom stereocenters. The van der Waals surface area contributed by atoms with Crippen molar-refractivity contribution in [2.75, 3.05) is 6.54 Å². The maximum Gasteiger partial charge on any atom is 0.322 e. The summed E-state index contributed by atoms with van der Waals surface area (Å²) < 4.78 is 0. The summed E-state index contributed by atoms with van der Waals surface area (Å²) in [6.45, 7) is 3.83. The molecule has 1 atom stereocenters. The van der Waals surface area contributed by atoms with Gasteiger partial charge in [-0.25, -0.2) is 0 Å². The van der Waals surface area contributed by atoms with Crippen LogP contribution in [0.4, 0.5) is 0 Å². The Morgan fingerprint density at radius 3 is 1.86 bits per heavy atom. The number of amides is 1. The van der Waals surface area contributed by atoms with Crippen LogP contribution in [-0.2, 0) is 9.59 Å². The summed E-state index contributed by atoms with van der Waals surface area (Å²) in [5.41, 5.74) is 0. The number of unbranched alkanes of at least 4 members (excludes halogenated alkanes) is 9. The van der Waals surface area contributed by atoms with Crippen molar-refractivity contribution in [1.82, 2.24) is 5.32 Å². The number of carboxylic acids is 1. The number of carboxylic acid groups (broad SMARTS) is 1. The second-order valence-electron chi connectivity index (χ2n) is 5.98. The molecular formula is C17H33NO3. The molecule has 0 heterocycles. The van der Waals surface area contributed by atoms with Crippen LogP contribution in [0.3, 0.4) is 0 Å². The molecule has 0 bridgehead atoms. The standard InChI is InChI=1S/C17H33NO3/c1-3-4-5-6-7-8-9-10-11-12-13-15(2)17(21)18-14-16(19)20/h15H,3-14H2,1-2H3,(H,18,21)(H,19,20). The van der Waals surface area contributed by atoms with Crippen molar-refractivity contribution < 1.29 is 14.7 Å². The highest BCUT2D eigenvalue weighted by molar-refractivity contribution is 5.82. The minimum absolute atomic E-state index is 0.0848. The molecule has 1 amide bonds. The fourth-order valence-electron chi connectivity index (χ4n) is 2.41. The molecule has 0 rings (SSSR count). The predicted molar refractivity (Wildman–Crippen MR) is 86.3 cm³/mol. The molecule has 0 aromatic rings. The van der Waals surface area contributed by atoms with E-state index in [1.165, 1.54) is 57.8 Å². The molecule has 0 saturated carbocycles. The average molecular weight is 299 g/mol. The number of nitrogens with one attached hydrogen (secondary N) is 1. The molecule has 0 aliphatic rings. The minimum Gasteiger partial charge on any atom is -0.480 e. The Labute approximate surface area is 129 Å². The maximum absolute atomic E-state index is 11.6. The largest absolute Gasteiger partial charge is 0.480 e. The zero-order valence-corrected chi connectivity index (χ0v) is 13.8. The molecule has 2 N–H and O–H groups in total. The van der Waals surface area contributed by atoms with E-state index in [1.54, 1.807) is 0 Å². The highest BCUT2D eigenvalue weighted by Gasteiger charge is 2.12. The van der Waals surface area contributed by atoms with Crippen LogP contribution in [0.1, 0.15) is 84.5 Å². The van der Waals surface area contributed by atoms with E-state index in [0.717, 1.165) is 12.8 Å². The average Bonchev–Trinajstić information content (AvgIpc) is 2.46. The third kappa shape index (κ3) is 13.7. The van der Waals surface area contributed by atoms with Crippen LogP contribution in [0.2, 0.25) is 0 Å². The molecule has 4 heteroatoms. The third-order valence-electron chi connectivity index (χ3n) is 3.85. The summed E-state index contributed by atoms with van der Waals surface area (Å²) in [6.07, 6.45) is 13.7. The first-order valence-electron chi connectivity index (χ1n) is 8.57. The third-order valence-corrected chi connectivity index (χ3v) is 3.85. The van der Waals surface area contributed by atoms with E-state index in [4.69, 9.17) is 5.11 Å². The van der Waals surface area contributed by atoms with Gasteiger partial charge in [-0.15, -0.1) is 0 Å².